The summed E-state index contributed by atoms with van der Waals surface area (Å²) in [4.78, 5) is 12.0. The van der Waals surface area contributed by atoms with Gasteiger partial charge in [-0.25, -0.2) is 0 Å². The van der Waals surface area contributed by atoms with Gasteiger partial charge < -0.3 is 20.8 Å². The molecule has 0 spiro atoms. The number of anilines is 1. The number of nitrogens with zero attached hydrogens (tertiary/aromatic N) is 2. The molecule has 7 nitrogen and oxygen atoms in total. The van der Waals surface area contributed by atoms with E-state index in [1.54, 1.807) is 25.1 Å². The van der Waals surface area contributed by atoms with Gasteiger partial charge in [-0.2, -0.15) is 0 Å². The van der Waals surface area contributed by atoms with Gasteiger partial charge in [0.25, 0.3) is 5.91 Å². The summed E-state index contributed by atoms with van der Waals surface area (Å²) in [6.45, 7) is 1.69. The van der Waals surface area contributed by atoms with E-state index in [1.165, 1.54) is 6.07 Å². The summed E-state index contributed by atoms with van der Waals surface area (Å²) >= 11 is 3.29. The maximum absolute atomic E-state index is 12.0. The lowest BCUT2D eigenvalue weighted by Gasteiger charge is -2.09. The largest absolute Gasteiger partial charge is 0.409 e. The first-order valence-electron chi connectivity index (χ1n) is 5.53. The van der Waals surface area contributed by atoms with E-state index < -0.39 is 5.91 Å². The van der Waals surface area contributed by atoms with Crippen molar-refractivity contribution in [1.29, 1.82) is 0 Å². The number of aromatic nitrogens is 1. The monoisotopic (exact) mass is 338 g/mol. The number of amides is 1. The molecule has 1 amide bonds. The van der Waals surface area contributed by atoms with Crippen LogP contribution in [0.5, 0.6) is 0 Å². The van der Waals surface area contributed by atoms with Crippen LogP contribution in [0, 0.1) is 6.92 Å². The zero-order valence-electron chi connectivity index (χ0n) is 10.4. The first kappa shape index (κ1) is 14.1. The summed E-state index contributed by atoms with van der Waals surface area (Å²) in [5, 5.41) is 17.9. The minimum Gasteiger partial charge on any atom is -0.409 e. The summed E-state index contributed by atoms with van der Waals surface area (Å²) in [6, 6.07) is 6.47. The number of hydrogen-bond acceptors (Lipinski definition) is 5. The van der Waals surface area contributed by atoms with Crippen LogP contribution in [-0.2, 0) is 0 Å². The lowest BCUT2D eigenvalue weighted by Crippen LogP contribution is -2.19. The van der Waals surface area contributed by atoms with Crippen molar-refractivity contribution in [2.75, 3.05) is 5.32 Å². The fourth-order valence-corrected chi connectivity index (χ4v) is 1.92. The SMILES string of the molecule is Cc1cc(C(=O)Nc2cc(Br)ccc2/C(N)=N/O)no1. The molecule has 0 radical (unpaired) electrons. The Labute approximate surface area is 122 Å². The second-order valence-corrected chi connectivity index (χ2v) is 4.87. The number of rotatable bonds is 3. The molecule has 0 saturated heterocycles. The van der Waals surface area contributed by atoms with Crippen LogP contribution in [0.25, 0.3) is 0 Å². The maximum atomic E-state index is 12.0. The van der Waals surface area contributed by atoms with Crippen molar-refractivity contribution in [3.05, 3.63) is 45.8 Å². The number of nitrogens with two attached hydrogens (primary N) is 1. The third kappa shape index (κ3) is 2.97. The van der Waals surface area contributed by atoms with Crippen molar-refractivity contribution in [2.45, 2.75) is 6.92 Å². The fourth-order valence-electron chi connectivity index (χ4n) is 1.56. The molecule has 1 aromatic carbocycles. The van der Waals surface area contributed by atoms with E-state index >= 15 is 0 Å². The first-order chi connectivity index (χ1) is 9.51. The highest BCUT2D eigenvalue weighted by atomic mass is 79.9. The predicted molar refractivity (Wildman–Crippen MR) is 75.8 cm³/mol. The molecule has 0 bridgehead atoms. The molecule has 4 N–H and O–H groups in total. The van der Waals surface area contributed by atoms with Gasteiger partial charge in [-0.1, -0.05) is 26.2 Å². The van der Waals surface area contributed by atoms with E-state index in [-0.39, 0.29) is 11.5 Å². The van der Waals surface area contributed by atoms with Crippen LogP contribution < -0.4 is 11.1 Å². The molecule has 2 rings (SSSR count). The van der Waals surface area contributed by atoms with E-state index in [9.17, 15) is 4.79 Å². The summed E-state index contributed by atoms with van der Waals surface area (Å²) in [7, 11) is 0. The lowest BCUT2D eigenvalue weighted by molar-refractivity contribution is 0.101. The number of carbonyl (C=O) groups is 1. The summed E-state index contributed by atoms with van der Waals surface area (Å²) < 4.78 is 5.57. The van der Waals surface area contributed by atoms with Gasteiger partial charge in [0.2, 0.25) is 0 Å². The summed E-state index contributed by atoms with van der Waals surface area (Å²) in [5.74, 6) is -0.0304. The number of hydrogen-bond donors (Lipinski definition) is 3. The van der Waals surface area contributed by atoms with Crippen LogP contribution in [0.3, 0.4) is 0 Å². The van der Waals surface area contributed by atoms with Crippen molar-refractivity contribution in [2.24, 2.45) is 10.9 Å². The summed E-state index contributed by atoms with van der Waals surface area (Å²) in [5.41, 5.74) is 6.49. The van der Waals surface area contributed by atoms with Gasteiger partial charge in [-0.3, -0.25) is 4.79 Å². The number of nitrogens with one attached hydrogen (secondary N) is 1. The van der Waals surface area contributed by atoms with Crippen molar-refractivity contribution in [3.8, 4) is 0 Å². The Morgan fingerprint density at radius 2 is 2.25 bits per heavy atom. The molecule has 20 heavy (non-hydrogen) atoms. The normalized spacial score (nSPS) is 11.4. The number of amidine groups is 1. The van der Waals surface area contributed by atoms with Gasteiger partial charge in [0.05, 0.1) is 5.69 Å². The minimum atomic E-state index is -0.452. The van der Waals surface area contributed by atoms with Gasteiger partial charge in [-0.05, 0) is 25.1 Å². The van der Waals surface area contributed by atoms with E-state index in [1.807, 2.05) is 0 Å². The molecule has 104 valence electrons. The zero-order valence-corrected chi connectivity index (χ0v) is 12.0. The molecular formula is C12H11BrN4O3. The highest BCUT2D eigenvalue weighted by molar-refractivity contribution is 9.10. The van der Waals surface area contributed by atoms with Gasteiger partial charge in [0.1, 0.15) is 5.76 Å². The summed E-state index contributed by atoms with van der Waals surface area (Å²) in [6.07, 6.45) is 0. The Morgan fingerprint density at radius 1 is 1.50 bits per heavy atom. The molecule has 0 fully saturated rings. The zero-order chi connectivity index (χ0) is 14.7. The van der Waals surface area contributed by atoms with Crippen LogP contribution in [0.15, 0.2) is 38.4 Å². The van der Waals surface area contributed by atoms with Crippen LogP contribution in [-0.4, -0.2) is 22.1 Å². The minimum absolute atomic E-state index is 0.107. The topological polar surface area (TPSA) is 114 Å². The third-order valence-electron chi connectivity index (χ3n) is 2.47. The quantitative estimate of drug-likeness (QED) is 0.343. The van der Waals surface area contributed by atoms with E-state index in [2.05, 4.69) is 31.6 Å². The molecule has 0 aliphatic rings. The highest BCUT2D eigenvalue weighted by Gasteiger charge is 2.15. The van der Waals surface area contributed by atoms with Crippen molar-refractivity contribution in [3.63, 3.8) is 0 Å². The number of oxime groups is 1. The van der Waals surface area contributed by atoms with Gasteiger partial charge >= 0.3 is 0 Å². The smallest absolute Gasteiger partial charge is 0.277 e. The third-order valence-corrected chi connectivity index (χ3v) is 2.97. The average molecular weight is 339 g/mol. The molecule has 1 heterocycles. The second-order valence-electron chi connectivity index (χ2n) is 3.95. The Bertz CT molecular complexity index is 681. The first-order valence-corrected chi connectivity index (χ1v) is 6.32. The van der Waals surface area contributed by atoms with Gasteiger partial charge in [-0.15, -0.1) is 0 Å². The highest BCUT2D eigenvalue weighted by Crippen LogP contribution is 2.22. The molecule has 1 aromatic heterocycles. The van der Waals surface area contributed by atoms with Crippen LogP contribution in [0.2, 0.25) is 0 Å². The van der Waals surface area contributed by atoms with Crippen molar-refractivity contribution < 1.29 is 14.5 Å². The molecule has 0 aliphatic carbocycles. The van der Waals surface area contributed by atoms with Gasteiger partial charge in [0.15, 0.2) is 11.5 Å². The molecule has 0 atom stereocenters. The molecule has 8 heteroatoms. The Morgan fingerprint density at radius 3 is 2.85 bits per heavy atom. The molecule has 0 unspecified atom stereocenters. The Hall–Kier alpha value is -2.35. The van der Waals surface area contributed by atoms with Crippen LogP contribution in [0.4, 0.5) is 5.69 Å². The average Bonchev–Trinajstić information content (AvgIpc) is 2.85. The van der Waals surface area contributed by atoms with Crippen LogP contribution >= 0.6 is 15.9 Å². The van der Waals surface area contributed by atoms with E-state index in [4.69, 9.17) is 15.5 Å². The second kappa shape index (κ2) is 5.74. The van der Waals surface area contributed by atoms with Crippen LogP contribution in [0.1, 0.15) is 21.8 Å². The Balaban J connectivity index is 2.33. The van der Waals surface area contributed by atoms with Crippen molar-refractivity contribution in [1.82, 2.24) is 5.16 Å². The maximum Gasteiger partial charge on any atom is 0.277 e. The van der Waals surface area contributed by atoms with E-state index in [0.29, 0.717) is 17.0 Å². The lowest BCUT2D eigenvalue weighted by atomic mass is 10.1. The number of halogens is 1. The number of carbonyl (C=O) groups excluding carboxylic acids is 1. The molecule has 0 aliphatic heterocycles. The fraction of sp³-hybridized carbons (Fsp3) is 0.0833. The molecule has 0 saturated carbocycles. The predicted octanol–water partition coefficient (Wildman–Crippen LogP) is 2.09. The number of benzene rings is 1. The molecular weight excluding hydrogens is 328 g/mol. The van der Waals surface area contributed by atoms with Crippen molar-refractivity contribution >= 4 is 33.4 Å². The number of aryl methyl sites for hydroxylation is 1. The molecule has 2 aromatic rings. The van der Waals surface area contributed by atoms with Gasteiger partial charge in [0, 0.05) is 16.1 Å². The Kier molecular flexibility index (Phi) is 4.04. The standard InChI is InChI=1S/C12H11BrN4O3/c1-6-4-10(17-20-6)12(18)15-9-5-7(13)2-3-8(9)11(14)16-19/h2-5,19H,1H3,(H2,14,16)(H,15,18). The van der Waals surface area contributed by atoms with E-state index in [0.717, 1.165) is 4.47 Å².